The van der Waals surface area contributed by atoms with Crippen LogP contribution in [0.3, 0.4) is 0 Å². The van der Waals surface area contributed by atoms with Crippen molar-refractivity contribution in [3.63, 3.8) is 0 Å². The smallest absolute Gasteiger partial charge is 0.296 e. The molecule has 1 aromatic carbocycles. The van der Waals surface area contributed by atoms with E-state index in [0.717, 1.165) is 9.47 Å². The molecule has 10 nitrogen and oxygen atoms in total. The Balaban J connectivity index is 1.89. The summed E-state index contributed by atoms with van der Waals surface area (Å²) in [6.07, 6.45) is -1.34. The highest BCUT2D eigenvalue weighted by Crippen LogP contribution is 2.23. The maximum absolute atomic E-state index is 13.0. The van der Waals surface area contributed by atoms with Crippen LogP contribution in [0, 0.1) is 5.82 Å². The van der Waals surface area contributed by atoms with Crippen LogP contribution >= 0.6 is 0 Å². The first-order valence-electron chi connectivity index (χ1n) is 9.17. The maximum Gasteiger partial charge on any atom is 0.296 e. The largest absolute Gasteiger partial charge is 0.530 e. The van der Waals surface area contributed by atoms with Gasteiger partial charge in [-0.05, 0) is 24.7 Å². The molecule has 2 N–H and O–H groups in total. The minimum absolute atomic E-state index is 0.000523. The van der Waals surface area contributed by atoms with Gasteiger partial charge in [0, 0.05) is 33.2 Å². The third-order valence-corrected chi connectivity index (χ3v) is 5.09. The van der Waals surface area contributed by atoms with Gasteiger partial charge in [-0.25, -0.2) is 9.37 Å². The number of carboxylic acid groups (broad SMARTS) is 1. The first-order chi connectivity index (χ1) is 14.2. The van der Waals surface area contributed by atoms with Crippen molar-refractivity contribution in [3.8, 4) is 5.75 Å². The van der Waals surface area contributed by atoms with E-state index in [1.807, 2.05) is 0 Å². The molecule has 1 aliphatic rings. The second kappa shape index (κ2) is 8.49. The second-order valence-electron chi connectivity index (χ2n) is 7.05. The van der Waals surface area contributed by atoms with E-state index in [1.54, 1.807) is 11.9 Å². The zero-order valence-corrected chi connectivity index (χ0v) is 16.5. The minimum Gasteiger partial charge on any atom is -0.530 e. The molecule has 0 spiro atoms. The Morgan fingerprint density at radius 2 is 1.93 bits per heavy atom. The molecular formula is C19H21FN5O5-. The van der Waals surface area contributed by atoms with Crippen molar-refractivity contribution in [2.45, 2.75) is 12.6 Å². The topological polar surface area (TPSA) is 131 Å². The van der Waals surface area contributed by atoms with E-state index >= 15 is 0 Å². The van der Waals surface area contributed by atoms with Gasteiger partial charge in [-0.2, -0.15) is 0 Å². The van der Waals surface area contributed by atoms with Gasteiger partial charge < -0.3 is 25.2 Å². The Hall–Kier alpha value is -3.47. The minimum atomic E-state index is -1.34. The zero-order valence-electron chi connectivity index (χ0n) is 16.5. The molecule has 0 saturated carbocycles. The summed E-state index contributed by atoms with van der Waals surface area (Å²) in [5, 5.41) is 23.9. The van der Waals surface area contributed by atoms with Crippen LogP contribution in [0.1, 0.15) is 27.9 Å². The van der Waals surface area contributed by atoms with E-state index in [4.69, 9.17) is 0 Å². The third-order valence-electron chi connectivity index (χ3n) is 5.09. The number of amides is 2. The molecule has 2 aromatic rings. The van der Waals surface area contributed by atoms with Crippen molar-refractivity contribution in [1.29, 1.82) is 0 Å². The number of benzene rings is 1. The van der Waals surface area contributed by atoms with Crippen molar-refractivity contribution in [2.75, 3.05) is 26.7 Å². The number of carbonyl (C=O) groups is 2. The third kappa shape index (κ3) is 4.25. The average Bonchev–Trinajstić information content (AvgIpc) is 2.72. The van der Waals surface area contributed by atoms with Crippen LogP contribution < -0.4 is 16.0 Å². The summed E-state index contributed by atoms with van der Waals surface area (Å²) in [6, 6.07) is 4.86. The Labute approximate surface area is 171 Å². The fraction of sp³-hybridized carbons (Fsp3) is 0.368. The van der Waals surface area contributed by atoms with Gasteiger partial charge >= 0.3 is 0 Å². The van der Waals surface area contributed by atoms with Gasteiger partial charge in [0.2, 0.25) is 5.75 Å². The Morgan fingerprint density at radius 1 is 1.27 bits per heavy atom. The quantitative estimate of drug-likeness (QED) is 0.664. The number of rotatable bonds is 4. The molecule has 1 fully saturated rings. The van der Waals surface area contributed by atoms with E-state index in [0.29, 0.717) is 12.1 Å². The van der Waals surface area contributed by atoms with Crippen LogP contribution in [-0.4, -0.2) is 63.1 Å². The monoisotopic (exact) mass is 418 g/mol. The average molecular weight is 418 g/mol. The normalized spacial score (nSPS) is 17.0. The Bertz CT molecular complexity index is 1020. The Morgan fingerprint density at radius 3 is 2.57 bits per heavy atom. The van der Waals surface area contributed by atoms with Gasteiger partial charge in [0.05, 0.1) is 6.04 Å². The van der Waals surface area contributed by atoms with E-state index in [-0.39, 0.29) is 25.5 Å². The van der Waals surface area contributed by atoms with Gasteiger partial charge in [-0.3, -0.25) is 19.1 Å². The van der Waals surface area contributed by atoms with Crippen molar-refractivity contribution in [1.82, 2.24) is 24.7 Å². The molecule has 1 aromatic heterocycles. The number of likely N-dealkylation sites (N-methyl/N-ethyl adjacent to an activating group) is 1. The summed E-state index contributed by atoms with van der Waals surface area (Å²) in [4.78, 5) is 43.4. The summed E-state index contributed by atoms with van der Waals surface area (Å²) >= 11 is 0. The van der Waals surface area contributed by atoms with Crippen LogP contribution in [0.15, 0.2) is 29.1 Å². The summed E-state index contributed by atoms with van der Waals surface area (Å²) in [5.74, 6) is -1.87. The van der Waals surface area contributed by atoms with Crippen LogP contribution in [0.5, 0.6) is 5.75 Å². The standard InChI is InChI=1S/C19H22FN5O5/c1-23-7-8-25(19(29)30)10-13(23)16-22-14(15(26)18(28)24(16)2)17(27)21-9-11-3-5-12(20)6-4-11/h3-6,13,26H,7-10H2,1-2H3,(H,21,27)(H,29,30)/p-1. The molecule has 0 aliphatic carbocycles. The number of aromatic nitrogens is 2. The predicted octanol–water partition coefficient (Wildman–Crippen LogP) is -0.813. The molecule has 11 heteroatoms. The van der Waals surface area contributed by atoms with E-state index in [9.17, 15) is 29.0 Å². The summed E-state index contributed by atoms with van der Waals surface area (Å²) < 4.78 is 14.1. The molecule has 2 amide bonds. The number of hydrogen-bond acceptors (Lipinski definition) is 7. The van der Waals surface area contributed by atoms with Gasteiger partial charge in [0.15, 0.2) is 5.69 Å². The molecule has 0 radical (unpaired) electrons. The summed E-state index contributed by atoms with van der Waals surface area (Å²) in [6.45, 7) is 0.654. The lowest BCUT2D eigenvalue weighted by atomic mass is 10.1. The van der Waals surface area contributed by atoms with E-state index < -0.39 is 40.9 Å². The zero-order chi connectivity index (χ0) is 22.0. The van der Waals surface area contributed by atoms with Gasteiger partial charge in [-0.15, -0.1) is 0 Å². The van der Waals surface area contributed by atoms with E-state index in [1.165, 1.54) is 31.3 Å². The van der Waals surface area contributed by atoms with Gasteiger partial charge in [0.25, 0.3) is 11.5 Å². The molecule has 1 atom stereocenters. The number of nitrogens with zero attached hydrogens (tertiary/aromatic N) is 4. The molecule has 1 unspecified atom stereocenters. The number of carbonyl (C=O) groups excluding carboxylic acids is 2. The van der Waals surface area contributed by atoms with Crippen LogP contribution in [0.25, 0.3) is 0 Å². The van der Waals surface area contributed by atoms with Crippen molar-refractivity contribution < 1.29 is 24.2 Å². The molecule has 160 valence electrons. The van der Waals surface area contributed by atoms with Crippen LogP contribution in [-0.2, 0) is 13.6 Å². The first-order valence-corrected chi connectivity index (χ1v) is 9.17. The van der Waals surface area contributed by atoms with Gasteiger partial charge in [-0.1, -0.05) is 12.1 Å². The van der Waals surface area contributed by atoms with Crippen molar-refractivity contribution in [2.24, 2.45) is 7.05 Å². The molecule has 3 rings (SSSR count). The highest BCUT2D eigenvalue weighted by atomic mass is 19.1. The van der Waals surface area contributed by atoms with Crippen molar-refractivity contribution >= 4 is 12.0 Å². The number of hydrogen-bond donors (Lipinski definition) is 2. The first kappa shape index (κ1) is 21.2. The number of aromatic hydroxyl groups is 1. The Kier molecular flexibility index (Phi) is 6.01. The molecule has 0 bridgehead atoms. The number of halogens is 1. The highest BCUT2D eigenvalue weighted by molar-refractivity contribution is 5.94. The maximum atomic E-state index is 13.0. The fourth-order valence-electron chi connectivity index (χ4n) is 3.25. The molecule has 30 heavy (non-hydrogen) atoms. The summed E-state index contributed by atoms with van der Waals surface area (Å²) in [5.41, 5.74) is -0.676. The van der Waals surface area contributed by atoms with Crippen LogP contribution in [0.2, 0.25) is 0 Å². The molecule has 1 aliphatic heterocycles. The van der Waals surface area contributed by atoms with Gasteiger partial charge in [0.1, 0.15) is 17.7 Å². The van der Waals surface area contributed by atoms with Crippen molar-refractivity contribution in [3.05, 3.63) is 57.5 Å². The second-order valence-corrected chi connectivity index (χ2v) is 7.05. The molecule has 1 saturated heterocycles. The fourth-order valence-corrected chi connectivity index (χ4v) is 3.25. The number of nitrogens with one attached hydrogen (secondary N) is 1. The lowest BCUT2D eigenvalue weighted by Crippen LogP contribution is -2.53. The molecule has 2 heterocycles. The predicted molar refractivity (Wildman–Crippen MR) is 101 cm³/mol. The highest BCUT2D eigenvalue weighted by Gasteiger charge is 2.31. The lowest BCUT2D eigenvalue weighted by Gasteiger charge is -2.40. The number of piperazine rings is 1. The van der Waals surface area contributed by atoms with Crippen LogP contribution in [0.4, 0.5) is 9.18 Å². The summed E-state index contributed by atoms with van der Waals surface area (Å²) in [7, 11) is 3.13. The lowest BCUT2D eigenvalue weighted by molar-refractivity contribution is -0.267. The SMILES string of the molecule is CN1CCN(C(=O)[O-])CC1c1nc(C(=O)NCc2ccc(F)cc2)c(O)c(=O)n1C. The molecular weight excluding hydrogens is 397 g/mol. The van der Waals surface area contributed by atoms with E-state index in [2.05, 4.69) is 10.3 Å².